The number of aryl methyl sites for hydroxylation is 3. The second-order valence-corrected chi connectivity index (χ2v) is 6.76. The van der Waals surface area contributed by atoms with Crippen molar-refractivity contribution in [1.29, 1.82) is 0 Å². The van der Waals surface area contributed by atoms with Crippen molar-refractivity contribution in [2.24, 2.45) is 0 Å². The minimum absolute atomic E-state index is 0.0120. The van der Waals surface area contributed by atoms with Crippen molar-refractivity contribution >= 4 is 22.6 Å². The van der Waals surface area contributed by atoms with Crippen molar-refractivity contribution in [2.75, 3.05) is 11.9 Å². The lowest BCUT2D eigenvalue weighted by atomic mass is 9.96. The number of nitrogens with one attached hydrogen (secondary N) is 1. The summed E-state index contributed by atoms with van der Waals surface area (Å²) in [4.78, 5) is 12.2. The number of furan rings is 1. The Morgan fingerprint density at radius 2 is 2.04 bits per heavy atom. The van der Waals surface area contributed by atoms with E-state index >= 15 is 0 Å². The van der Waals surface area contributed by atoms with Crippen LogP contribution >= 0.6 is 0 Å². The van der Waals surface area contributed by atoms with Crippen LogP contribution in [0.25, 0.3) is 11.0 Å². The van der Waals surface area contributed by atoms with Gasteiger partial charge in [0.1, 0.15) is 17.1 Å². The molecule has 134 valence electrons. The van der Waals surface area contributed by atoms with Crippen LogP contribution in [0.15, 0.2) is 46.9 Å². The number of fused-ring (bicyclic) bond motifs is 3. The predicted molar refractivity (Wildman–Crippen MR) is 103 cm³/mol. The normalized spacial score (nSPS) is 13.4. The van der Waals surface area contributed by atoms with Crippen LogP contribution < -0.4 is 10.1 Å². The minimum atomic E-state index is -0.160. The second kappa shape index (κ2) is 7.24. The maximum atomic E-state index is 12.2. The molecule has 4 rings (SSSR count). The van der Waals surface area contributed by atoms with Gasteiger partial charge in [0.25, 0.3) is 5.91 Å². The summed E-state index contributed by atoms with van der Waals surface area (Å²) in [5.41, 5.74) is 4.21. The summed E-state index contributed by atoms with van der Waals surface area (Å²) in [6, 6.07) is 13.7. The van der Waals surface area contributed by atoms with E-state index in [-0.39, 0.29) is 12.5 Å². The lowest BCUT2D eigenvalue weighted by Crippen LogP contribution is -2.20. The fourth-order valence-electron chi connectivity index (χ4n) is 3.55. The van der Waals surface area contributed by atoms with E-state index in [2.05, 4.69) is 12.2 Å². The average molecular weight is 349 g/mol. The van der Waals surface area contributed by atoms with E-state index in [1.165, 1.54) is 24.0 Å². The molecule has 4 heteroatoms. The molecule has 0 fully saturated rings. The number of ether oxygens (including phenoxy) is 1. The van der Waals surface area contributed by atoms with Crippen LogP contribution in [-0.2, 0) is 24.1 Å². The van der Waals surface area contributed by atoms with E-state index < -0.39 is 0 Å². The van der Waals surface area contributed by atoms with Crippen molar-refractivity contribution < 1.29 is 13.9 Å². The van der Waals surface area contributed by atoms with Gasteiger partial charge in [0.05, 0.1) is 0 Å². The summed E-state index contributed by atoms with van der Waals surface area (Å²) in [6.45, 7) is 2.08. The highest BCUT2D eigenvalue weighted by Crippen LogP contribution is 2.33. The first kappa shape index (κ1) is 16.7. The number of anilines is 1. The zero-order chi connectivity index (χ0) is 17.9. The highest BCUT2D eigenvalue weighted by molar-refractivity contribution is 5.92. The maximum Gasteiger partial charge on any atom is 0.262 e. The lowest BCUT2D eigenvalue weighted by Gasteiger charge is -2.10. The van der Waals surface area contributed by atoms with Crippen LogP contribution in [0.5, 0.6) is 5.75 Å². The number of carbonyl (C=O) groups excluding carboxylic acids is 1. The van der Waals surface area contributed by atoms with Gasteiger partial charge in [-0.15, -0.1) is 0 Å². The molecule has 1 aromatic heterocycles. The Bertz CT molecular complexity index is 942. The fraction of sp³-hybridized carbons (Fsp3) is 0.318. The third kappa shape index (κ3) is 3.45. The van der Waals surface area contributed by atoms with Gasteiger partial charge in [0.15, 0.2) is 6.61 Å². The topological polar surface area (TPSA) is 51.5 Å². The Morgan fingerprint density at radius 3 is 2.92 bits per heavy atom. The molecule has 0 atom stereocenters. The van der Waals surface area contributed by atoms with Crippen LogP contribution in [0.3, 0.4) is 0 Å². The average Bonchev–Trinajstić information content (AvgIpc) is 3.04. The van der Waals surface area contributed by atoms with E-state index in [0.29, 0.717) is 5.75 Å². The molecular formula is C22H23NO3. The van der Waals surface area contributed by atoms with Gasteiger partial charge in [-0.05, 0) is 61.6 Å². The Morgan fingerprint density at radius 1 is 1.15 bits per heavy atom. The van der Waals surface area contributed by atoms with Crippen molar-refractivity contribution in [3.8, 4) is 5.75 Å². The standard InChI is InChI=1S/C22H23NO3/c1-2-15-6-5-7-16(12-15)23-22(24)14-25-17-10-11-21-19(13-17)18-8-3-4-9-20(18)26-21/h5-7,10-13H,2-4,8-9,14H2,1H3,(H,23,24). The van der Waals surface area contributed by atoms with Gasteiger partial charge in [-0.2, -0.15) is 0 Å². The van der Waals surface area contributed by atoms with Gasteiger partial charge in [-0.3, -0.25) is 4.79 Å². The first-order valence-electron chi connectivity index (χ1n) is 9.29. The summed E-state index contributed by atoms with van der Waals surface area (Å²) in [5.74, 6) is 1.65. The van der Waals surface area contributed by atoms with E-state index in [4.69, 9.17) is 9.15 Å². The Labute approximate surface area is 153 Å². The quantitative estimate of drug-likeness (QED) is 0.713. The van der Waals surface area contributed by atoms with Gasteiger partial charge >= 0.3 is 0 Å². The van der Waals surface area contributed by atoms with Crippen LogP contribution in [0, 0.1) is 0 Å². The lowest BCUT2D eigenvalue weighted by molar-refractivity contribution is -0.118. The molecule has 0 aliphatic heterocycles. The summed E-state index contributed by atoms with van der Waals surface area (Å²) in [7, 11) is 0. The molecule has 0 bridgehead atoms. The Kier molecular flexibility index (Phi) is 4.65. The number of rotatable bonds is 5. The Hall–Kier alpha value is -2.75. The third-order valence-electron chi connectivity index (χ3n) is 4.92. The smallest absolute Gasteiger partial charge is 0.262 e. The number of carbonyl (C=O) groups is 1. The molecule has 0 saturated heterocycles. The summed E-state index contributed by atoms with van der Waals surface area (Å²) < 4.78 is 11.6. The van der Waals surface area contributed by atoms with Crippen LogP contribution in [0.1, 0.15) is 36.7 Å². The summed E-state index contributed by atoms with van der Waals surface area (Å²) in [6.07, 6.45) is 5.40. The Balaban J connectivity index is 1.43. The predicted octanol–water partition coefficient (Wildman–Crippen LogP) is 4.89. The van der Waals surface area contributed by atoms with Crippen molar-refractivity contribution in [3.63, 3.8) is 0 Å². The number of hydrogen-bond acceptors (Lipinski definition) is 3. The van der Waals surface area contributed by atoms with Crippen LogP contribution in [-0.4, -0.2) is 12.5 Å². The molecule has 1 N–H and O–H groups in total. The molecule has 0 spiro atoms. The van der Waals surface area contributed by atoms with E-state index in [0.717, 1.165) is 41.7 Å². The number of hydrogen-bond donors (Lipinski definition) is 1. The molecule has 1 amide bonds. The minimum Gasteiger partial charge on any atom is -0.484 e. The van der Waals surface area contributed by atoms with Gasteiger partial charge in [-0.1, -0.05) is 19.1 Å². The molecule has 0 unspecified atom stereocenters. The van der Waals surface area contributed by atoms with Crippen LogP contribution in [0.2, 0.25) is 0 Å². The molecule has 1 aliphatic rings. The van der Waals surface area contributed by atoms with E-state index in [9.17, 15) is 4.79 Å². The van der Waals surface area contributed by atoms with E-state index in [1.54, 1.807) is 0 Å². The summed E-state index contributed by atoms with van der Waals surface area (Å²) in [5, 5.41) is 4.01. The van der Waals surface area contributed by atoms with Gasteiger partial charge in [0, 0.05) is 23.1 Å². The SMILES string of the molecule is CCc1cccc(NC(=O)COc2ccc3oc4c(c3c2)CCCC4)c1. The monoisotopic (exact) mass is 349 g/mol. The molecule has 1 aliphatic carbocycles. The van der Waals surface area contributed by atoms with Gasteiger partial charge < -0.3 is 14.5 Å². The maximum absolute atomic E-state index is 12.2. The zero-order valence-corrected chi connectivity index (χ0v) is 15.0. The highest BCUT2D eigenvalue weighted by Gasteiger charge is 2.18. The molecular weight excluding hydrogens is 326 g/mol. The van der Waals surface area contributed by atoms with Gasteiger partial charge in [-0.25, -0.2) is 0 Å². The molecule has 4 nitrogen and oxygen atoms in total. The molecule has 3 aromatic rings. The second-order valence-electron chi connectivity index (χ2n) is 6.76. The van der Waals surface area contributed by atoms with Crippen molar-refractivity contribution in [2.45, 2.75) is 39.0 Å². The molecule has 2 aromatic carbocycles. The third-order valence-corrected chi connectivity index (χ3v) is 4.92. The van der Waals surface area contributed by atoms with Gasteiger partial charge in [0.2, 0.25) is 0 Å². The fourth-order valence-corrected chi connectivity index (χ4v) is 3.55. The zero-order valence-electron chi connectivity index (χ0n) is 15.0. The molecule has 0 radical (unpaired) electrons. The number of benzene rings is 2. The molecule has 26 heavy (non-hydrogen) atoms. The molecule has 0 saturated carbocycles. The molecule has 1 heterocycles. The largest absolute Gasteiger partial charge is 0.484 e. The van der Waals surface area contributed by atoms with Crippen LogP contribution in [0.4, 0.5) is 5.69 Å². The number of amides is 1. The van der Waals surface area contributed by atoms with Crippen molar-refractivity contribution in [1.82, 2.24) is 0 Å². The highest BCUT2D eigenvalue weighted by atomic mass is 16.5. The first-order chi connectivity index (χ1) is 12.7. The van der Waals surface area contributed by atoms with Crippen molar-refractivity contribution in [3.05, 3.63) is 59.4 Å². The first-order valence-corrected chi connectivity index (χ1v) is 9.29. The van der Waals surface area contributed by atoms with E-state index in [1.807, 2.05) is 42.5 Å². The summed E-state index contributed by atoms with van der Waals surface area (Å²) >= 11 is 0.